The van der Waals surface area contributed by atoms with Crippen LogP contribution < -0.4 is 5.32 Å². The smallest absolute Gasteiger partial charge is 0.317 e. The maximum atomic E-state index is 12.0. The van der Waals surface area contributed by atoms with Gasteiger partial charge in [0.2, 0.25) is 0 Å². The number of nitrogens with one attached hydrogen (secondary N) is 1. The Hall–Kier alpha value is -1.30. The van der Waals surface area contributed by atoms with Gasteiger partial charge < -0.3 is 20.4 Å². The molecule has 0 aromatic rings. The van der Waals surface area contributed by atoms with Crippen LogP contribution in [-0.4, -0.2) is 52.3 Å². The highest BCUT2D eigenvalue weighted by Gasteiger charge is 2.28. The summed E-state index contributed by atoms with van der Waals surface area (Å²) in [6.45, 7) is 6.86. The highest BCUT2D eigenvalue weighted by molar-refractivity contribution is 5.76. The number of aliphatic hydroxyl groups is 1. The molecule has 1 aliphatic heterocycles. The number of carboxylic acid groups (broad SMARTS) is 1. The Morgan fingerprint density at radius 1 is 1.42 bits per heavy atom. The number of carbonyl (C=O) groups excluding carboxylic acids is 1. The monoisotopic (exact) mass is 272 g/mol. The molecule has 19 heavy (non-hydrogen) atoms. The van der Waals surface area contributed by atoms with Crippen molar-refractivity contribution in [3.8, 4) is 0 Å². The SMILES string of the molecule is CC(C)(C)CC(CC(=O)O)NC(=O)N1CCC(O)C1. The first-order valence-corrected chi connectivity index (χ1v) is 6.62. The Morgan fingerprint density at radius 2 is 2.05 bits per heavy atom. The van der Waals surface area contributed by atoms with E-state index in [0.717, 1.165) is 0 Å². The first-order valence-electron chi connectivity index (χ1n) is 6.62. The molecule has 2 unspecified atom stereocenters. The molecule has 2 atom stereocenters. The van der Waals surface area contributed by atoms with E-state index in [4.69, 9.17) is 5.11 Å². The number of likely N-dealkylation sites (tertiary alicyclic amines) is 1. The van der Waals surface area contributed by atoms with Crippen LogP contribution in [0.2, 0.25) is 0 Å². The molecule has 0 radical (unpaired) electrons. The zero-order chi connectivity index (χ0) is 14.6. The molecule has 0 saturated carbocycles. The van der Waals surface area contributed by atoms with Gasteiger partial charge >= 0.3 is 12.0 Å². The predicted molar refractivity (Wildman–Crippen MR) is 70.8 cm³/mol. The van der Waals surface area contributed by atoms with Crippen molar-refractivity contribution in [2.24, 2.45) is 5.41 Å². The molecule has 0 bridgehead atoms. The lowest BCUT2D eigenvalue weighted by molar-refractivity contribution is -0.137. The normalized spacial score (nSPS) is 21.3. The van der Waals surface area contributed by atoms with Gasteiger partial charge in [0.15, 0.2) is 0 Å². The van der Waals surface area contributed by atoms with Gasteiger partial charge in [0.05, 0.1) is 12.5 Å². The minimum absolute atomic E-state index is 0.0576. The summed E-state index contributed by atoms with van der Waals surface area (Å²) in [4.78, 5) is 24.4. The summed E-state index contributed by atoms with van der Waals surface area (Å²) in [7, 11) is 0. The molecule has 1 saturated heterocycles. The van der Waals surface area contributed by atoms with Crippen LogP contribution in [0.1, 0.15) is 40.0 Å². The van der Waals surface area contributed by atoms with Crippen molar-refractivity contribution in [2.75, 3.05) is 13.1 Å². The predicted octanol–water partition coefficient (Wildman–Crippen LogP) is 1.04. The van der Waals surface area contributed by atoms with Crippen LogP contribution in [0.5, 0.6) is 0 Å². The first kappa shape index (κ1) is 15.8. The number of carboxylic acids is 1. The van der Waals surface area contributed by atoms with Crippen molar-refractivity contribution >= 4 is 12.0 Å². The Labute approximate surface area is 113 Å². The molecule has 6 heteroatoms. The van der Waals surface area contributed by atoms with Gasteiger partial charge in [-0.15, -0.1) is 0 Å². The molecule has 110 valence electrons. The maximum Gasteiger partial charge on any atom is 0.317 e. The molecule has 2 amide bonds. The zero-order valence-corrected chi connectivity index (χ0v) is 11.8. The summed E-state index contributed by atoms with van der Waals surface area (Å²) in [6, 6.07) is -0.671. The van der Waals surface area contributed by atoms with E-state index < -0.39 is 12.1 Å². The average Bonchev–Trinajstić information content (AvgIpc) is 2.60. The summed E-state index contributed by atoms with van der Waals surface area (Å²) >= 11 is 0. The van der Waals surface area contributed by atoms with Gasteiger partial charge in [0, 0.05) is 19.1 Å². The van der Waals surface area contributed by atoms with Gasteiger partial charge in [0.25, 0.3) is 0 Å². The number of nitrogens with zero attached hydrogens (tertiary/aromatic N) is 1. The van der Waals surface area contributed by atoms with Gasteiger partial charge in [-0.2, -0.15) is 0 Å². The molecule has 1 rings (SSSR count). The fourth-order valence-corrected chi connectivity index (χ4v) is 2.32. The van der Waals surface area contributed by atoms with E-state index in [1.54, 1.807) is 0 Å². The second-order valence-electron chi connectivity index (χ2n) is 6.40. The number of hydrogen-bond acceptors (Lipinski definition) is 3. The maximum absolute atomic E-state index is 12.0. The van der Waals surface area contributed by atoms with E-state index in [1.807, 2.05) is 20.8 Å². The summed E-state index contributed by atoms with van der Waals surface area (Å²) in [5.74, 6) is -0.920. The highest BCUT2D eigenvalue weighted by atomic mass is 16.4. The van der Waals surface area contributed by atoms with E-state index in [9.17, 15) is 14.7 Å². The van der Waals surface area contributed by atoms with Gasteiger partial charge in [-0.3, -0.25) is 4.79 Å². The van der Waals surface area contributed by atoms with Crippen molar-refractivity contribution in [3.05, 3.63) is 0 Å². The molecule has 1 heterocycles. The first-order chi connectivity index (χ1) is 8.67. The van der Waals surface area contributed by atoms with Crippen LogP contribution in [0.15, 0.2) is 0 Å². The van der Waals surface area contributed by atoms with E-state index in [1.165, 1.54) is 4.90 Å². The van der Waals surface area contributed by atoms with Crippen molar-refractivity contribution in [3.63, 3.8) is 0 Å². The number of amides is 2. The molecular weight excluding hydrogens is 248 g/mol. The molecule has 1 aliphatic rings. The lowest BCUT2D eigenvalue weighted by atomic mass is 9.87. The fourth-order valence-electron chi connectivity index (χ4n) is 2.32. The fraction of sp³-hybridized carbons (Fsp3) is 0.846. The topological polar surface area (TPSA) is 89.9 Å². The number of β-amino-alcohol motifs (C(OH)–C–C–N with tert-alkyl or cyclic N) is 1. The quantitative estimate of drug-likeness (QED) is 0.713. The Morgan fingerprint density at radius 3 is 2.47 bits per heavy atom. The Bertz CT molecular complexity index is 338. The summed E-state index contributed by atoms with van der Waals surface area (Å²) < 4.78 is 0. The van der Waals surface area contributed by atoms with Gasteiger partial charge in [0.1, 0.15) is 0 Å². The van der Waals surface area contributed by atoms with Crippen molar-refractivity contribution < 1.29 is 19.8 Å². The van der Waals surface area contributed by atoms with Gasteiger partial charge in [-0.05, 0) is 18.3 Å². The molecular formula is C13H24N2O4. The molecule has 0 aromatic carbocycles. The summed E-state index contributed by atoms with van der Waals surface area (Å²) in [5, 5.41) is 21.1. The number of urea groups is 1. The van der Waals surface area contributed by atoms with E-state index in [0.29, 0.717) is 25.9 Å². The van der Waals surface area contributed by atoms with Crippen molar-refractivity contribution in [2.45, 2.75) is 52.2 Å². The minimum atomic E-state index is -0.920. The number of aliphatic hydroxyl groups excluding tert-OH is 1. The molecule has 0 aliphatic carbocycles. The standard InChI is InChI=1S/C13H24N2O4/c1-13(2,3)7-9(6-11(17)18)14-12(19)15-5-4-10(16)8-15/h9-10,16H,4-8H2,1-3H3,(H,14,19)(H,17,18). The van der Waals surface area contributed by atoms with Crippen molar-refractivity contribution in [1.29, 1.82) is 0 Å². The van der Waals surface area contributed by atoms with Crippen LogP contribution in [0.25, 0.3) is 0 Å². The largest absolute Gasteiger partial charge is 0.481 e. The summed E-state index contributed by atoms with van der Waals surface area (Å²) in [6.07, 6.45) is 0.628. The second kappa shape index (κ2) is 6.23. The van der Waals surface area contributed by atoms with Crippen LogP contribution in [0, 0.1) is 5.41 Å². The van der Waals surface area contributed by atoms with Crippen LogP contribution >= 0.6 is 0 Å². The third-order valence-electron chi connectivity index (χ3n) is 3.06. The van der Waals surface area contributed by atoms with E-state index >= 15 is 0 Å². The average molecular weight is 272 g/mol. The number of rotatable bonds is 4. The lowest BCUT2D eigenvalue weighted by Crippen LogP contribution is -2.46. The third kappa shape index (κ3) is 5.92. The molecule has 3 N–H and O–H groups in total. The zero-order valence-electron chi connectivity index (χ0n) is 11.8. The lowest BCUT2D eigenvalue weighted by Gasteiger charge is -2.27. The molecule has 1 fully saturated rings. The van der Waals surface area contributed by atoms with Gasteiger partial charge in [-0.25, -0.2) is 4.79 Å². The molecule has 0 spiro atoms. The minimum Gasteiger partial charge on any atom is -0.481 e. The Balaban J connectivity index is 2.56. The number of carbonyl (C=O) groups is 2. The number of hydrogen-bond donors (Lipinski definition) is 3. The third-order valence-corrected chi connectivity index (χ3v) is 3.06. The van der Waals surface area contributed by atoms with Gasteiger partial charge in [-0.1, -0.05) is 20.8 Å². The van der Waals surface area contributed by atoms with Crippen LogP contribution in [0.4, 0.5) is 4.79 Å². The number of aliphatic carboxylic acids is 1. The Kier molecular flexibility index (Phi) is 5.17. The van der Waals surface area contributed by atoms with Crippen LogP contribution in [0.3, 0.4) is 0 Å². The second-order valence-corrected chi connectivity index (χ2v) is 6.40. The molecule has 6 nitrogen and oxygen atoms in total. The van der Waals surface area contributed by atoms with E-state index in [-0.39, 0.29) is 23.9 Å². The summed E-state index contributed by atoms with van der Waals surface area (Å²) in [5.41, 5.74) is -0.0576. The molecule has 0 aromatic heterocycles. The highest BCUT2D eigenvalue weighted by Crippen LogP contribution is 2.22. The van der Waals surface area contributed by atoms with E-state index in [2.05, 4.69) is 5.32 Å². The van der Waals surface area contributed by atoms with Crippen molar-refractivity contribution in [1.82, 2.24) is 10.2 Å². The van der Waals surface area contributed by atoms with Crippen LogP contribution in [-0.2, 0) is 4.79 Å².